The number of rotatable bonds is 4. The second-order valence-corrected chi connectivity index (χ2v) is 5.43. The van der Waals surface area contributed by atoms with Gasteiger partial charge in [-0.25, -0.2) is 0 Å². The second kappa shape index (κ2) is 5.48. The van der Waals surface area contributed by atoms with Gasteiger partial charge in [-0.15, -0.1) is 0 Å². The minimum Gasteiger partial charge on any atom is -0.382 e. The lowest BCUT2D eigenvalue weighted by atomic mass is 9.76. The molecule has 3 rings (SSSR count). The number of anilines is 1. The zero-order valence-electron chi connectivity index (χ0n) is 11.5. The molecule has 0 unspecified atom stereocenters. The molecule has 0 aromatic heterocycles. The molecule has 98 valence electrons. The van der Waals surface area contributed by atoms with Crippen LogP contribution in [-0.2, 0) is 6.42 Å². The standard InChI is InChI=1S/C18H21N/c1-2-14-8-6-7-11-18(14)19-17-12-16(13-17)15-9-4-3-5-10-15/h3-11,16-17,19H,2,12-13H2,1H3. The Kier molecular flexibility index (Phi) is 3.54. The summed E-state index contributed by atoms with van der Waals surface area (Å²) in [5, 5.41) is 3.70. The molecule has 1 fully saturated rings. The lowest BCUT2D eigenvalue weighted by Gasteiger charge is -2.37. The van der Waals surface area contributed by atoms with Crippen LogP contribution in [0.3, 0.4) is 0 Å². The maximum absolute atomic E-state index is 3.70. The van der Waals surface area contributed by atoms with Crippen molar-refractivity contribution < 1.29 is 0 Å². The van der Waals surface area contributed by atoms with Crippen LogP contribution in [0.25, 0.3) is 0 Å². The first-order valence-corrected chi connectivity index (χ1v) is 7.26. The van der Waals surface area contributed by atoms with Gasteiger partial charge >= 0.3 is 0 Å². The molecule has 0 spiro atoms. The van der Waals surface area contributed by atoms with Gasteiger partial charge in [0.05, 0.1) is 0 Å². The minimum absolute atomic E-state index is 0.637. The molecular weight excluding hydrogens is 230 g/mol. The van der Waals surface area contributed by atoms with E-state index in [1.54, 1.807) is 0 Å². The van der Waals surface area contributed by atoms with E-state index in [2.05, 4.69) is 66.8 Å². The van der Waals surface area contributed by atoms with Crippen LogP contribution in [0, 0.1) is 0 Å². The summed E-state index contributed by atoms with van der Waals surface area (Å²) in [5.74, 6) is 0.743. The molecule has 2 aromatic carbocycles. The van der Waals surface area contributed by atoms with E-state index in [1.165, 1.54) is 29.7 Å². The van der Waals surface area contributed by atoms with Gasteiger partial charge in [-0.1, -0.05) is 55.5 Å². The number of nitrogens with one attached hydrogen (secondary N) is 1. The predicted octanol–water partition coefficient (Wildman–Crippen LogP) is 4.61. The third-order valence-corrected chi connectivity index (χ3v) is 4.17. The fourth-order valence-electron chi connectivity index (χ4n) is 2.92. The Labute approximate surface area is 115 Å². The summed E-state index contributed by atoms with van der Waals surface area (Å²) in [6.07, 6.45) is 3.60. The average Bonchev–Trinajstić information content (AvgIpc) is 2.43. The third-order valence-electron chi connectivity index (χ3n) is 4.17. The van der Waals surface area contributed by atoms with Crippen molar-refractivity contribution in [2.75, 3.05) is 5.32 Å². The molecule has 1 heteroatoms. The molecule has 0 heterocycles. The van der Waals surface area contributed by atoms with E-state index < -0.39 is 0 Å². The van der Waals surface area contributed by atoms with Gasteiger partial charge in [0.2, 0.25) is 0 Å². The average molecular weight is 251 g/mol. The van der Waals surface area contributed by atoms with Crippen molar-refractivity contribution in [3.8, 4) is 0 Å². The van der Waals surface area contributed by atoms with E-state index in [0.717, 1.165) is 12.3 Å². The monoisotopic (exact) mass is 251 g/mol. The summed E-state index contributed by atoms with van der Waals surface area (Å²) in [6.45, 7) is 2.22. The zero-order valence-corrected chi connectivity index (χ0v) is 11.5. The van der Waals surface area contributed by atoms with Crippen LogP contribution in [0.1, 0.15) is 36.8 Å². The Hall–Kier alpha value is -1.76. The van der Waals surface area contributed by atoms with Gasteiger partial charge in [0.1, 0.15) is 0 Å². The van der Waals surface area contributed by atoms with Gasteiger partial charge in [0.25, 0.3) is 0 Å². The van der Waals surface area contributed by atoms with Crippen molar-refractivity contribution in [1.29, 1.82) is 0 Å². The van der Waals surface area contributed by atoms with E-state index in [-0.39, 0.29) is 0 Å². The molecule has 1 aliphatic rings. The molecule has 0 bridgehead atoms. The summed E-state index contributed by atoms with van der Waals surface area (Å²) < 4.78 is 0. The molecule has 0 amide bonds. The van der Waals surface area contributed by atoms with E-state index in [9.17, 15) is 0 Å². The number of para-hydroxylation sites is 1. The summed E-state index contributed by atoms with van der Waals surface area (Å²) in [5.41, 5.74) is 4.23. The van der Waals surface area contributed by atoms with Gasteiger partial charge in [-0.05, 0) is 42.4 Å². The Morgan fingerprint density at radius 1 is 0.947 bits per heavy atom. The highest BCUT2D eigenvalue weighted by Crippen LogP contribution is 2.38. The molecule has 0 radical (unpaired) electrons. The summed E-state index contributed by atoms with van der Waals surface area (Å²) in [4.78, 5) is 0. The van der Waals surface area contributed by atoms with Gasteiger partial charge < -0.3 is 5.32 Å². The normalized spacial score (nSPS) is 21.7. The van der Waals surface area contributed by atoms with Gasteiger partial charge in [0, 0.05) is 11.7 Å². The minimum atomic E-state index is 0.637. The first-order chi connectivity index (χ1) is 9.36. The fraction of sp³-hybridized carbons (Fsp3) is 0.333. The first-order valence-electron chi connectivity index (χ1n) is 7.26. The van der Waals surface area contributed by atoms with Crippen molar-refractivity contribution in [1.82, 2.24) is 0 Å². The first kappa shape index (κ1) is 12.3. The number of hydrogen-bond donors (Lipinski definition) is 1. The maximum Gasteiger partial charge on any atom is 0.0374 e. The number of benzene rings is 2. The molecule has 1 nitrogen and oxygen atoms in total. The van der Waals surface area contributed by atoms with Crippen molar-refractivity contribution in [2.45, 2.75) is 38.1 Å². The largest absolute Gasteiger partial charge is 0.382 e. The van der Waals surface area contributed by atoms with Crippen molar-refractivity contribution in [3.05, 3.63) is 65.7 Å². The Bertz CT molecular complexity index is 526. The molecule has 19 heavy (non-hydrogen) atoms. The highest BCUT2D eigenvalue weighted by molar-refractivity contribution is 5.52. The van der Waals surface area contributed by atoms with Crippen molar-refractivity contribution in [2.24, 2.45) is 0 Å². The SMILES string of the molecule is CCc1ccccc1NC1CC(c2ccccc2)C1. The van der Waals surface area contributed by atoms with Gasteiger partial charge in [-0.2, -0.15) is 0 Å². The Morgan fingerprint density at radius 3 is 2.37 bits per heavy atom. The van der Waals surface area contributed by atoms with E-state index in [0.29, 0.717) is 6.04 Å². The van der Waals surface area contributed by atoms with Crippen LogP contribution in [0.5, 0.6) is 0 Å². The maximum atomic E-state index is 3.70. The third kappa shape index (κ3) is 2.65. The van der Waals surface area contributed by atoms with E-state index in [1.807, 2.05) is 0 Å². The lowest BCUT2D eigenvalue weighted by molar-refractivity contribution is 0.374. The Balaban J connectivity index is 1.60. The molecule has 0 aliphatic heterocycles. The van der Waals surface area contributed by atoms with Crippen LogP contribution >= 0.6 is 0 Å². The molecule has 0 atom stereocenters. The quantitative estimate of drug-likeness (QED) is 0.837. The zero-order chi connectivity index (χ0) is 13.1. The molecular formula is C18H21N. The van der Waals surface area contributed by atoms with E-state index >= 15 is 0 Å². The predicted molar refractivity (Wildman–Crippen MR) is 81.6 cm³/mol. The van der Waals surface area contributed by atoms with E-state index in [4.69, 9.17) is 0 Å². The topological polar surface area (TPSA) is 12.0 Å². The van der Waals surface area contributed by atoms with Crippen LogP contribution in [0.2, 0.25) is 0 Å². The van der Waals surface area contributed by atoms with Crippen LogP contribution in [-0.4, -0.2) is 6.04 Å². The highest BCUT2D eigenvalue weighted by Gasteiger charge is 2.30. The van der Waals surface area contributed by atoms with Gasteiger partial charge in [-0.3, -0.25) is 0 Å². The molecule has 1 saturated carbocycles. The molecule has 2 aromatic rings. The van der Waals surface area contributed by atoms with Crippen molar-refractivity contribution in [3.63, 3.8) is 0 Å². The van der Waals surface area contributed by atoms with Crippen LogP contribution < -0.4 is 5.32 Å². The van der Waals surface area contributed by atoms with Crippen molar-refractivity contribution >= 4 is 5.69 Å². The fourth-order valence-corrected chi connectivity index (χ4v) is 2.92. The van der Waals surface area contributed by atoms with Crippen LogP contribution in [0.15, 0.2) is 54.6 Å². The molecule has 1 aliphatic carbocycles. The lowest BCUT2D eigenvalue weighted by Crippen LogP contribution is -2.34. The summed E-state index contributed by atoms with van der Waals surface area (Å²) >= 11 is 0. The second-order valence-electron chi connectivity index (χ2n) is 5.43. The highest BCUT2D eigenvalue weighted by atomic mass is 14.9. The smallest absolute Gasteiger partial charge is 0.0374 e. The number of hydrogen-bond acceptors (Lipinski definition) is 1. The van der Waals surface area contributed by atoms with Crippen LogP contribution in [0.4, 0.5) is 5.69 Å². The summed E-state index contributed by atoms with van der Waals surface area (Å²) in [7, 11) is 0. The molecule has 0 saturated heterocycles. The Morgan fingerprint density at radius 2 is 1.63 bits per heavy atom. The molecule has 1 N–H and O–H groups in total. The number of aryl methyl sites for hydroxylation is 1. The summed E-state index contributed by atoms with van der Waals surface area (Å²) in [6, 6.07) is 20.2. The van der Waals surface area contributed by atoms with Gasteiger partial charge in [0.15, 0.2) is 0 Å².